The maximum absolute atomic E-state index is 12.8. The number of halogens is 1. The van der Waals surface area contributed by atoms with E-state index in [0.717, 1.165) is 31.2 Å². The van der Waals surface area contributed by atoms with Crippen LogP contribution in [0.5, 0.6) is 0 Å². The molecule has 2 aliphatic rings. The first-order valence-corrected chi connectivity index (χ1v) is 9.10. The van der Waals surface area contributed by atoms with Crippen molar-refractivity contribution in [1.29, 1.82) is 0 Å². The number of carbonyl (C=O) groups is 1. The minimum absolute atomic E-state index is 0. The number of amides is 1. The molecule has 0 saturated heterocycles. The summed E-state index contributed by atoms with van der Waals surface area (Å²) in [6, 6.07) is 6.63. The summed E-state index contributed by atoms with van der Waals surface area (Å²) in [4.78, 5) is 23.2. The van der Waals surface area contributed by atoms with Gasteiger partial charge in [0.15, 0.2) is 0 Å². The van der Waals surface area contributed by atoms with Gasteiger partial charge in [-0.15, -0.1) is 12.4 Å². The van der Waals surface area contributed by atoms with Crippen LogP contribution in [0.4, 0.5) is 5.69 Å². The second-order valence-electron chi connectivity index (χ2n) is 8.11. The summed E-state index contributed by atoms with van der Waals surface area (Å²) in [5, 5.41) is 13.9. The van der Waals surface area contributed by atoms with Crippen molar-refractivity contribution in [3.63, 3.8) is 0 Å². The van der Waals surface area contributed by atoms with Gasteiger partial charge in [0.1, 0.15) is 0 Å². The zero-order chi connectivity index (χ0) is 18.2. The normalized spacial score (nSPS) is 28.0. The van der Waals surface area contributed by atoms with Gasteiger partial charge in [-0.1, -0.05) is 6.42 Å². The first-order valence-electron chi connectivity index (χ1n) is 9.10. The molecule has 26 heavy (non-hydrogen) atoms. The Bertz CT molecular complexity index is 648. The van der Waals surface area contributed by atoms with Crippen LogP contribution in [0.3, 0.4) is 0 Å². The van der Waals surface area contributed by atoms with Crippen molar-refractivity contribution < 1.29 is 9.72 Å². The number of nitro benzene ring substituents is 1. The van der Waals surface area contributed by atoms with Gasteiger partial charge in [-0.3, -0.25) is 14.9 Å². The smallest absolute Gasteiger partial charge is 0.269 e. The van der Waals surface area contributed by atoms with Crippen LogP contribution in [0.25, 0.3) is 0 Å². The Morgan fingerprint density at radius 1 is 1.19 bits per heavy atom. The average molecular weight is 382 g/mol. The third-order valence-electron chi connectivity index (χ3n) is 6.02. The number of nitrogens with two attached hydrogens (primary N) is 1. The molecule has 0 aliphatic heterocycles. The van der Waals surface area contributed by atoms with E-state index < -0.39 is 10.5 Å². The zero-order valence-corrected chi connectivity index (χ0v) is 16.1. The van der Waals surface area contributed by atoms with Crippen LogP contribution in [0.1, 0.15) is 51.5 Å². The molecule has 7 heteroatoms. The summed E-state index contributed by atoms with van der Waals surface area (Å²) >= 11 is 0. The lowest BCUT2D eigenvalue weighted by Gasteiger charge is -2.44. The van der Waals surface area contributed by atoms with Crippen molar-refractivity contribution >= 4 is 24.0 Å². The molecule has 144 valence electrons. The largest absolute Gasteiger partial charge is 0.347 e. The highest BCUT2D eigenvalue weighted by Crippen LogP contribution is 2.42. The lowest BCUT2D eigenvalue weighted by atomic mass is 9.65. The predicted molar refractivity (Wildman–Crippen MR) is 103 cm³/mol. The van der Waals surface area contributed by atoms with Crippen molar-refractivity contribution in [3.05, 3.63) is 39.9 Å². The van der Waals surface area contributed by atoms with E-state index in [4.69, 9.17) is 5.73 Å². The first kappa shape index (κ1) is 20.6. The average Bonchev–Trinajstić information content (AvgIpc) is 2.54. The molecule has 1 aromatic rings. The van der Waals surface area contributed by atoms with Gasteiger partial charge in [0.25, 0.3) is 5.69 Å². The quantitative estimate of drug-likeness (QED) is 0.615. The molecule has 1 amide bonds. The van der Waals surface area contributed by atoms with Crippen molar-refractivity contribution in [2.45, 2.75) is 57.5 Å². The number of rotatable bonds is 4. The van der Waals surface area contributed by atoms with E-state index in [2.05, 4.69) is 5.32 Å². The minimum atomic E-state index is -0.569. The summed E-state index contributed by atoms with van der Waals surface area (Å²) in [5.41, 5.74) is 6.66. The van der Waals surface area contributed by atoms with E-state index in [-0.39, 0.29) is 36.0 Å². The third-order valence-corrected chi connectivity index (χ3v) is 6.02. The van der Waals surface area contributed by atoms with Crippen LogP contribution in [0.2, 0.25) is 0 Å². The number of carbonyl (C=O) groups excluding carboxylic acids is 1. The Morgan fingerprint density at radius 3 is 2.23 bits per heavy atom. The van der Waals surface area contributed by atoms with Crippen LogP contribution >= 0.6 is 12.4 Å². The van der Waals surface area contributed by atoms with Crippen LogP contribution in [-0.2, 0) is 10.3 Å². The number of benzene rings is 1. The van der Waals surface area contributed by atoms with Crippen molar-refractivity contribution in [1.82, 2.24) is 5.32 Å². The highest BCUT2D eigenvalue weighted by molar-refractivity contribution is 5.85. The van der Waals surface area contributed by atoms with Gasteiger partial charge < -0.3 is 11.1 Å². The molecule has 3 rings (SSSR count). The Hall–Kier alpha value is -1.66. The topological polar surface area (TPSA) is 98.3 Å². The van der Waals surface area contributed by atoms with Crippen LogP contribution < -0.4 is 11.1 Å². The molecule has 0 heterocycles. The molecule has 6 nitrogen and oxygen atoms in total. The molecule has 2 unspecified atom stereocenters. The van der Waals surface area contributed by atoms with Crippen molar-refractivity contribution in [3.8, 4) is 0 Å². The molecule has 2 fully saturated rings. The number of hydrogen-bond donors (Lipinski definition) is 2. The zero-order valence-electron chi connectivity index (χ0n) is 15.3. The second-order valence-corrected chi connectivity index (χ2v) is 8.11. The van der Waals surface area contributed by atoms with Gasteiger partial charge in [0, 0.05) is 24.1 Å². The molecule has 2 aliphatic carbocycles. The highest BCUT2D eigenvalue weighted by Gasteiger charge is 2.41. The lowest BCUT2D eigenvalue weighted by molar-refractivity contribution is -0.384. The van der Waals surface area contributed by atoms with Gasteiger partial charge >= 0.3 is 0 Å². The fraction of sp³-hybridized carbons (Fsp3) is 0.632. The fourth-order valence-corrected chi connectivity index (χ4v) is 4.49. The molecule has 2 atom stereocenters. The predicted octanol–water partition coefficient (Wildman–Crippen LogP) is 3.52. The molecule has 2 saturated carbocycles. The summed E-state index contributed by atoms with van der Waals surface area (Å²) in [5.74, 6) is 1.02. The number of nitrogens with one attached hydrogen (secondary N) is 1. The van der Waals surface area contributed by atoms with E-state index >= 15 is 0 Å². The van der Waals surface area contributed by atoms with Gasteiger partial charge in [-0.05, 0) is 69.1 Å². The van der Waals surface area contributed by atoms with Crippen LogP contribution in [-0.4, -0.2) is 16.9 Å². The SMILES string of the molecule is CC(C)(NC(=O)C1CC2CCCC(C1)C2N)c1ccc([N+](=O)[O-])cc1.Cl. The molecule has 2 bridgehead atoms. The maximum Gasteiger partial charge on any atom is 0.269 e. The standard InChI is InChI=1S/C19H27N3O3.ClH/c1-19(2,15-6-8-16(9-7-15)22(24)25)21-18(23)14-10-12-4-3-5-13(11-14)17(12)20;/h6-9,12-14,17H,3-5,10-11,20H2,1-2H3,(H,21,23);1H. The summed E-state index contributed by atoms with van der Waals surface area (Å²) in [7, 11) is 0. The Morgan fingerprint density at radius 2 is 1.73 bits per heavy atom. The highest BCUT2D eigenvalue weighted by atomic mass is 35.5. The van der Waals surface area contributed by atoms with Gasteiger partial charge in [-0.2, -0.15) is 0 Å². The molecule has 3 N–H and O–H groups in total. The number of non-ortho nitro benzene ring substituents is 1. The van der Waals surface area contributed by atoms with E-state index in [0.29, 0.717) is 11.8 Å². The van der Waals surface area contributed by atoms with E-state index in [9.17, 15) is 14.9 Å². The van der Waals surface area contributed by atoms with E-state index in [1.165, 1.54) is 18.6 Å². The molecule has 1 aromatic carbocycles. The Labute approximate surface area is 160 Å². The molecular formula is C19H28ClN3O3. The van der Waals surface area contributed by atoms with Crippen molar-refractivity contribution in [2.75, 3.05) is 0 Å². The number of nitrogens with zero attached hydrogens (tertiary/aromatic N) is 1. The maximum atomic E-state index is 12.8. The van der Waals surface area contributed by atoms with Crippen LogP contribution in [0, 0.1) is 27.9 Å². The molecule has 0 aromatic heterocycles. The van der Waals surface area contributed by atoms with E-state index in [1.54, 1.807) is 12.1 Å². The summed E-state index contributed by atoms with van der Waals surface area (Å²) in [6.07, 6.45) is 5.24. The number of hydrogen-bond acceptors (Lipinski definition) is 4. The number of nitro groups is 1. The molecule has 0 radical (unpaired) electrons. The van der Waals surface area contributed by atoms with Gasteiger partial charge in [0.2, 0.25) is 5.91 Å². The molecule has 0 spiro atoms. The minimum Gasteiger partial charge on any atom is -0.347 e. The second kappa shape index (κ2) is 7.92. The van der Waals surface area contributed by atoms with Gasteiger partial charge in [-0.25, -0.2) is 0 Å². The van der Waals surface area contributed by atoms with Crippen LogP contribution in [0.15, 0.2) is 24.3 Å². The Kier molecular flexibility index (Phi) is 6.29. The third kappa shape index (κ3) is 4.18. The van der Waals surface area contributed by atoms with Crippen molar-refractivity contribution in [2.24, 2.45) is 23.5 Å². The Balaban J connectivity index is 0.00000243. The fourth-order valence-electron chi connectivity index (χ4n) is 4.49. The van der Waals surface area contributed by atoms with E-state index in [1.807, 2.05) is 13.8 Å². The number of fused-ring (bicyclic) bond motifs is 2. The molecular weight excluding hydrogens is 354 g/mol. The monoisotopic (exact) mass is 381 g/mol. The lowest BCUT2D eigenvalue weighted by Crippen LogP contribution is -2.51. The first-order chi connectivity index (χ1) is 11.8. The summed E-state index contributed by atoms with van der Waals surface area (Å²) < 4.78 is 0. The van der Waals surface area contributed by atoms with Gasteiger partial charge in [0.05, 0.1) is 10.5 Å². The summed E-state index contributed by atoms with van der Waals surface area (Å²) in [6.45, 7) is 3.86.